The molecule has 0 unspecified atom stereocenters. The van der Waals surface area contributed by atoms with Crippen molar-refractivity contribution in [2.24, 2.45) is 5.10 Å². The number of nitrogen functional groups attached to an aromatic ring is 1. The van der Waals surface area contributed by atoms with Crippen LogP contribution in [-0.2, 0) is 12.2 Å². The van der Waals surface area contributed by atoms with Gasteiger partial charge in [-0.2, -0.15) is 9.78 Å². The van der Waals surface area contributed by atoms with E-state index in [1.807, 2.05) is 61.5 Å². The number of carbonyl (C=O) groups excluding carboxylic acids is 1. The molecule has 0 spiro atoms. The first kappa shape index (κ1) is 23.0. The van der Waals surface area contributed by atoms with E-state index in [-0.39, 0.29) is 17.3 Å². The van der Waals surface area contributed by atoms with Crippen LogP contribution in [0.25, 0.3) is 5.82 Å². The number of aromatic nitrogens is 5. The molecular formula is C22H22N8O3S. The van der Waals surface area contributed by atoms with Crippen molar-refractivity contribution in [3.05, 3.63) is 71.5 Å². The first-order valence-corrected chi connectivity index (χ1v) is 11.2. The molecule has 0 aliphatic rings. The van der Waals surface area contributed by atoms with Crippen LogP contribution in [0.1, 0.15) is 28.7 Å². The van der Waals surface area contributed by atoms with Crippen molar-refractivity contribution >= 4 is 29.2 Å². The SMILES string of the molecule is COc1ccccc1CC(C)=NNC(=O)c1nnn(-c2nonc2N)c1CSc1ccccc1. The highest BCUT2D eigenvalue weighted by Gasteiger charge is 2.24. The van der Waals surface area contributed by atoms with Gasteiger partial charge in [0.2, 0.25) is 11.6 Å². The zero-order valence-corrected chi connectivity index (χ0v) is 19.3. The van der Waals surface area contributed by atoms with Crippen molar-refractivity contribution in [1.29, 1.82) is 0 Å². The van der Waals surface area contributed by atoms with Gasteiger partial charge in [-0.05, 0) is 41.0 Å². The third-order valence-electron chi connectivity index (χ3n) is 4.78. The highest BCUT2D eigenvalue weighted by atomic mass is 32.2. The number of hydrazone groups is 1. The summed E-state index contributed by atoms with van der Waals surface area (Å²) in [6.07, 6.45) is 0.509. The number of anilines is 1. The second kappa shape index (κ2) is 10.6. The molecule has 0 saturated carbocycles. The number of methoxy groups -OCH3 is 1. The monoisotopic (exact) mass is 478 g/mol. The smallest absolute Gasteiger partial charge is 0.293 e. The van der Waals surface area contributed by atoms with E-state index in [4.69, 9.17) is 10.5 Å². The Kier molecular flexibility index (Phi) is 7.18. The van der Waals surface area contributed by atoms with Crippen molar-refractivity contribution in [2.45, 2.75) is 24.0 Å². The number of hydrogen-bond donors (Lipinski definition) is 2. The predicted octanol–water partition coefficient (Wildman–Crippen LogP) is 2.88. The molecule has 1 amide bonds. The van der Waals surface area contributed by atoms with E-state index in [1.54, 1.807) is 7.11 Å². The van der Waals surface area contributed by atoms with Gasteiger partial charge in [0.25, 0.3) is 5.91 Å². The van der Waals surface area contributed by atoms with E-state index in [0.717, 1.165) is 16.2 Å². The molecule has 34 heavy (non-hydrogen) atoms. The molecule has 174 valence electrons. The van der Waals surface area contributed by atoms with Gasteiger partial charge in [-0.3, -0.25) is 4.79 Å². The van der Waals surface area contributed by atoms with Crippen LogP contribution in [0, 0.1) is 0 Å². The summed E-state index contributed by atoms with van der Waals surface area (Å²) >= 11 is 1.51. The number of para-hydroxylation sites is 1. The molecule has 0 radical (unpaired) electrons. The second-order valence-corrected chi connectivity index (χ2v) is 8.20. The second-order valence-electron chi connectivity index (χ2n) is 7.15. The first-order chi connectivity index (χ1) is 16.6. The lowest BCUT2D eigenvalue weighted by Gasteiger charge is -2.08. The van der Waals surface area contributed by atoms with Crippen molar-refractivity contribution < 1.29 is 14.2 Å². The number of nitrogens with one attached hydrogen (secondary N) is 1. The number of benzene rings is 2. The number of hydrogen-bond acceptors (Lipinski definition) is 10. The van der Waals surface area contributed by atoms with Crippen molar-refractivity contribution in [1.82, 2.24) is 30.7 Å². The lowest BCUT2D eigenvalue weighted by atomic mass is 10.1. The number of rotatable bonds is 9. The molecule has 4 aromatic rings. The van der Waals surface area contributed by atoms with Crippen LogP contribution in [0.2, 0.25) is 0 Å². The van der Waals surface area contributed by atoms with Crippen LogP contribution >= 0.6 is 11.8 Å². The van der Waals surface area contributed by atoms with Crippen molar-refractivity contribution in [2.75, 3.05) is 12.8 Å². The van der Waals surface area contributed by atoms with Crippen LogP contribution in [0.5, 0.6) is 5.75 Å². The van der Waals surface area contributed by atoms with E-state index in [9.17, 15) is 4.79 Å². The van der Waals surface area contributed by atoms with E-state index in [0.29, 0.717) is 23.6 Å². The highest BCUT2D eigenvalue weighted by Crippen LogP contribution is 2.26. The predicted molar refractivity (Wildman–Crippen MR) is 127 cm³/mol. The van der Waals surface area contributed by atoms with E-state index >= 15 is 0 Å². The zero-order valence-electron chi connectivity index (χ0n) is 18.5. The Balaban J connectivity index is 1.55. The average molecular weight is 479 g/mol. The Bertz CT molecular complexity index is 1300. The number of carbonyl (C=O) groups is 1. The number of ether oxygens (including phenoxy) is 1. The average Bonchev–Trinajstić information content (AvgIpc) is 3.47. The molecule has 4 rings (SSSR count). The Morgan fingerprint density at radius 1 is 1.18 bits per heavy atom. The van der Waals surface area contributed by atoms with Gasteiger partial charge >= 0.3 is 0 Å². The number of amides is 1. The summed E-state index contributed by atoms with van der Waals surface area (Å²) in [6, 6.07) is 17.4. The third-order valence-corrected chi connectivity index (χ3v) is 5.80. The highest BCUT2D eigenvalue weighted by molar-refractivity contribution is 7.98. The van der Waals surface area contributed by atoms with Crippen LogP contribution in [-0.4, -0.2) is 44.0 Å². The van der Waals surface area contributed by atoms with Gasteiger partial charge in [-0.25, -0.2) is 10.1 Å². The fourth-order valence-electron chi connectivity index (χ4n) is 3.15. The molecule has 2 aromatic carbocycles. The molecule has 0 fully saturated rings. The molecule has 11 nitrogen and oxygen atoms in total. The summed E-state index contributed by atoms with van der Waals surface area (Å²) in [5.41, 5.74) is 10.6. The van der Waals surface area contributed by atoms with Crippen LogP contribution in [0.3, 0.4) is 0 Å². The minimum absolute atomic E-state index is 0.0356. The Hall–Kier alpha value is -4.19. The van der Waals surface area contributed by atoms with E-state index < -0.39 is 5.91 Å². The zero-order chi connectivity index (χ0) is 23.9. The molecule has 0 bridgehead atoms. The first-order valence-electron chi connectivity index (χ1n) is 10.2. The van der Waals surface area contributed by atoms with Crippen LogP contribution in [0.4, 0.5) is 5.82 Å². The van der Waals surface area contributed by atoms with Gasteiger partial charge in [0.15, 0.2) is 5.69 Å². The topological polar surface area (TPSA) is 146 Å². The van der Waals surface area contributed by atoms with E-state index in [1.165, 1.54) is 16.4 Å². The molecule has 2 heterocycles. The lowest BCUT2D eigenvalue weighted by Crippen LogP contribution is -2.22. The number of nitrogens with zero attached hydrogens (tertiary/aromatic N) is 6. The largest absolute Gasteiger partial charge is 0.496 e. The van der Waals surface area contributed by atoms with Crippen LogP contribution < -0.4 is 15.9 Å². The summed E-state index contributed by atoms with van der Waals surface area (Å²) in [5.74, 6) is 0.810. The molecule has 0 saturated heterocycles. The quantitative estimate of drug-likeness (QED) is 0.210. The summed E-state index contributed by atoms with van der Waals surface area (Å²) in [6.45, 7) is 1.82. The molecule has 12 heteroatoms. The van der Waals surface area contributed by atoms with Gasteiger partial charge in [-0.1, -0.05) is 41.6 Å². The normalized spacial score (nSPS) is 11.4. The molecule has 3 N–H and O–H groups in total. The fraction of sp³-hybridized carbons (Fsp3) is 0.182. The van der Waals surface area contributed by atoms with Gasteiger partial charge in [-0.15, -0.1) is 16.9 Å². The van der Waals surface area contributed by atoms with Crippen molar-refractivity contribution in [3.63, 3.8) is 0 Å². The van der Waals surface area contributed by atoms with Gasteiger partial charge in [0.05, 0.1) is 12.8 Å². The maximum atomic E-state index is 13.0. The van der Waals surface area contributed by atoms with Gasteiger partial charge in [0, 0.05) is 22.8 Å². The minimum Gasteiger partial charge on any atom is -0.496 e. The Labute approximate surface area is 199 Å². The van der Waals surface area contributed by atoms with Crippen LogP contribution in [0.15, 0.2) is 69.2 Å². The molecule has 0 aliphatic carbocycles. The van der Waals surface area contributed by atoms with Gasteiger partial charge in [0.1, 0.15) is 5.75 Å². The summed E-state index contributed by atoms with van der Waals surface area (Å²) in [5, 5.41) is 19.7. The number of thioether (sulfide) groups is 1. The van der Waals surface area contributed by atoms with E-state index in [2.05, 4.69) is 35.8 Å². The standard InChI is InChI=1S/C22H22N8O3S/c1-14(12-15-8-6-7-11-18(15)32-2)24-26-22(31)19-17(13-34-16-9-4-3-5-10-16)30(29-25-19)21-20(23)27-33-28-21/h3-11H,12-13H2,1-2H3,(H2,23,27)(H,26,31). The Morgan fingerprint density at radius 3 is 2.68 bits per heavy atom. The number of nitrogens with two attached hydrogens (primary N) is 1. The third kappa shape index (κ3) is 5.23. The van der Waals surface area contributed by atoms with Gasteiger partial charge < -0.3 is 10.5 Å². The lowest BCUT2D eigenvalue weighted by molar-refractivity contribution is 0.0949. The molecular weight excluding hydrogens is 456 g/mol. The summed E-state index contributed by atoms with van der Waals surface area (Å²) < 4.78 is 11.4. The maximum Gasteiger partial charge on any atom is 0.293 e. The minimum atomic E-state index is -0.510. The molecule has 0 atom stereocenters. The van der Waals surface area contributed by atoms with Crippen molar-refractivity contribution in [3.8, 4) is 11.6 Å². The Morgan fingerprint density at radius 2 is 1.94 bits per heavy atom. The summed E-state index contributed by atoms with van der Waals surface area (Å²) in [4.78, 5) is 14.0. The maximum absolute atomic E-state index is 13.0. The summed E-state index contributed by atoms with van der Waals surface area (Å²) in [7, 11) is 1.61. The molecule has 2 aromatic heterocycles. The fourth-order valence-corrected chi connectivity index (χ4v) is 4.06. The molecule has 0 aliphatic heterocycles.